The lowest BCUT2D eigenvalue weighted by molar-refractivity contribution is 0.186. The highest BCUT2D eigenvalue weighted by atomic mass is 79.9. The summed E-state index contributed by atoms with van der Waals surface area (Å²) < 4.78 is 6.21. The molecule has 0 radical (unpaired) electrons. The van der Waals surface area contributed by atoms with Gasteiger partial charge < -0.3 is 15.3 Å². The highest BCUT2D eigenvalue weighted by Crippen LogP contribution is 2.28. The molecular weight excluding hydrogens is 260 g/mol. The predicted octanol–water partition coefficient (Wildman–Crippen LogP) is 1.22. The Kier molecular flexibility index (Phi) is 2.95. The quantitative estimate of drug-likeness (QED) is 0.757. The van der Waals surface area contributed by atoms with Gasteiger partial charge >= 0.3 is 0 Å². The molecule has 0 saturated carbocycles. The van der Waals surface area contributed by atoms with Gasteiger partial charge in [0.1, 0.15) is 12.0 Å². The minimum absolute atomic E-state index is 0.659. The smallest absolute Gasteiger partial charge is 0.142 e. The van der Waals surface area contributed by atoms with Crippen LogP contribution in [0.2, 0.25) is 0 Å². The van der Waals surface area contributed by atoms with Crippen LogP contribution in [0, 0.1) is 0 Å². The largest absolute Gasteiger partial charge is 0.496 e. The molecule has 0 saturated heterocycles. The van der Waals surface area contributed by atoms with Crippen LogP contribution in [0.5, 0.6) is 5.75 Å². The summed E-state index contributed by atoms with van der Waals surface area (Å²) in [7, 11) is 1.62. The summed E-state index contributed by atoms with van der Waals surface area (Å²) in [6, 6.07) is 5.72. The Morgan fingerprint density at radius 1 is 1.47 bits per heavy atom. The molecule has 4 nitrogen and oxygen atoms in total. The van der Waals surface area contributed by atoms with Crippen LogP contribution in [0.3, 0.4) is 0 Å². The van der Waals surface area contributed by atoms with Crippen molar-refractivity contribution in [2.45, 2.75) is 6.23 Å². The first-order valence-electron chi connectivity index (χ1n) is 4.46. The lowest BCUT2D eigenvalue weighted by atomic mass is 10.1. The lowest BCUT2D eigenvalue weighted by Crippen LogP contribution is -2.31. The van der Waals surface area contributed by atoms with E-state index in [1.807, 2.05) is 18.2 Å². The summed E-state index contributed by atoms with van der Waals surface area (Å²) in [5, 5.41) is 9.28. The second-order valence-electron chi connectivity index (χ2n) is 3.14. The highest BCUT2D eigenvalue weighted by Gasteiger charge is 2.16. The first-order chi connectivity index (χ1) is 7.20. The Morgan fingerprint density at radius 3 is 2.87 bits per heavy atom. The molecule has 0 bridgehead atoms. The van der Waals surface area contributed by atoms with Gasteiger partial charge in [0.25, 0.3) is 0 Å². The number of benzene rings is 1. The van der Waals surface area contributed by atoms with Crippen LogP contribution in [0.1, 0.15) is 5.56 Å². The highest BCUT2D eigenvalue weighted by molar-refractivity contribution is 9.10. The van der Waals surface area contributed by atoms with Crippen LogP contribution in [0.25, 0.3) is 5.70 Å². The van der Waals surface area contributed by atoms with Gasteiger partial charge in [-0.3, -0.25) is 0 Å². The maximum atomic E-state index is 9.28. The molecule has 2 rings (SSSR count). The van der Waals surface area contributed by atoms with Gasteiger partial charge in [-0.2, -0.15) is 0 Å². The summed E-state index contributed by atoms with van der Waals surface area (Å²) in [5.74, 6) is 0.749. The van der Waals surface area contributed by atoms with Gasteiger partial charge in [-0.1, -0.05) is 15.9 Å². The van der Waals surface area contributed by atoms with Crippen LogP contribution in [-0.2, 0) is 0 Å². The minimum Gasteiger partial charge on any atom is -0.496 e. The third-order valence-corrected chi connectivity index (χ3v) is 2.63. The van der Waals surface area contributed by atoms with E-state index in [1.165, 1.54) is 0 Å². The number of hydrogen-bond acceptors (Lipinski definition) is 4. The van der Waals surface area contributed by atoms with Crippen LogP contribution < -0.4 is 15.6 Å². The predicted molar refractivity (Wildman–Crippen MR) is 60.9 cm³/mol. The van der Waals surface area contributed by atoms with Crippen molar-refractivity contribution in [3.63, 3.8) is 0 Å². The van der Waals surface area contributed by atoms with E-state index in [0.717, 1.165) is 21.5 Å². The van der Waals surface area contributed by atoms with E-state index in [1.54, 1.807) is 13.2 Å². The molecular formula is C10H11BrN2O2. The number of halogens is 1. The Morgan fingerprint density at radius 2 is 2.27 bits per heavy atom. The summed E-state index contributed by atoms with van der Waals surface area (Å²) in [6.07, 6.45) is 1.03. The van der Waals surface area contributed by atoms with Crippen molar-refractivity contribution < 1.29 is 9.84 Å². The van der Waals surface area contributed by atoms with E-state index in [2.05, 4.69) is 26.8 Å². The van der Waals surface area contributed by atoms with Crippen molar-refractivity contribution in [2.24, 2.45) is 0 Å². The lowest BCUT2D eigenvalue weighted by Gasteiger charge is -2.10. The number of ether oxygens (including phenoxy) is 1. The summed E-state index contributed by atoms with van der Waals surface area (Å²) >= 11 is 3.37. The SMILES string of the molecule is COc1cc(Br)ccc1C1=CC(O)NN1. The number of rotatable bonds is 2. The molecule has 1 aromatic carbocycles. The molecule has 0 fully saturated rings. The first-order valence-corrected chi connectivity index (χ1v) is 5.25. The summed E-state index contributed by atoms with van der Waals surface area (Å²) in [6.45, 7) is 0. The molecule has 0 aromatic heterocycles. The fourth-order valence-corrected chi connectivity index (χ4v) is 1.78. The number of hydrazine groups is 1. The monoisotopic (exact) mass is 270 g/mol. The molecule has 5 heteroatoms. The van der Waals surface area contributed by atoms with Gasteiger partial charge in [0.15, 0.2) is 0 Å². The molecule has 0 aliphatic carbocycles. The van der Waals surface area contributed by atoms with Gasteiger partial charge in [0.05, 0.1) is 12.8 Å². The summed E-state index contributed by atoms with van der Waals surface area (Å²) in [5.41, 5.74) is 7.28. The molecule has 15 heavy (non-hydrogen) atoms. The zero-order valence-corrected chi connectivity index (χ0v) is 9.71. The zero-order chi connectivity index (χ0) is 10.8. The van der Waals surface area contributed by atoms with Gasteiger partial charge in [-0.05, 0) is 24.3 Å². The van der Waals surface area contributed by atoms with Gasteiger partial charge in [0, 0.05) is 10.0 Å². The molecule has 1 aliphatic rings. The molecule has 1 atom stereocenters. The van der Waals surface area contributed by atoms with Crippen molar-refractivity contribution in [3.05, 3.63) is 34.3 Å². The number of hydrogen-bond donors (Lipinski definition) is 3. The molecule has 80 valence electrons. The van der Waals surface area contributed by atoms with E-state index in [0.29, 0.717) is 0 Å². The minimum atomic E-state index is -0.659. The zero-order valence-electron chi connectivity index (χ0n) is 8.12. The molecule has 1 aliphatic heterocycles. The van der Waals surface area contributed by atoms with Gasteiger partial charge in [-0.25, -0.2) is 5.43 Å². The second kappa shape index (κ2) is 4.22. The molecule has 3 N–H and O–H groups in total. The van der Waals surface area contributed by atoms with Crippen molar-refractivity contribution in [1.82, 2.24) is 10.9 Å². The van der Waals surface area contributed by atoms with E-state index in [4.69, 9.17) is 4.74 Å². The number of aliphatic hydroxyl groups excluding tert-OH is 1. The Balaban J connectivity index is 2.39. The average molecular weight is 271 g/mol. The summed E-state index contributed by atoms with van der Waals surface area (Å²) in [4.78, 5) is 0. The fourth-order valence-electron chi connectivity index (χ4n) is 1.44. The van der Waals surface area contributed by atoms with E-state index < -0.39 is 6.23 Å². The fraction of sp³-hybridized carbons (Fsp3) is 0.200. The second-order valence-corrected chi connectivity index (χ2v) is 4.05. The topological polar surface area (TPSA) is 53.5 Å². The maximum Gasteiger partial charge on any atom is 0.142 e. The molecule has 0 spiro atoms. The average Bonchev–Trinajstić information content (AvgIpc) is 2.64. The molecule has 0 amide bonds. The third kappa shape index (κ3) is 2.14. The van der Waals surface area contributed by atoms with Crippen molar-refractivity contribution >= 4 is 21.6 Å². The Labute approximate surface area is 96.0 Å². The Bertz CT molecular complexity index is 406. The third-order valence-electron chi connectivity index (χ3n) is 2.13. The van der Waals surface area contributed by atoms with Crippen molar-refractivity contribution in [3.8, 4) is 5.75 Å². The van der Waals surface area contributed by atoms with Crippen LogP contribution in [-0.4, -0.2) is 18.4 Å². The van der Waals surface area contributed by atoms with E-state index in [9.17, 15) is 5.11 Å². The number of nitrogens with one attached hydrogen (secondary N) is 2. The van der Waals surface area contributed by atoms with Crippen LogP contribution in [0.15, 0.2) is 28.7 Å². The van der Waals surface area contributed by atoms with Crippen LogP contribution >= 0.6 is 15.9 Å². The number of aliphatic hydroxyl groups is 1. The van der Waals surface area contributed by atoms with E-state index >= 15 is 0 Å². The molecule has 1 unspecified atom stereocenters. The van der Waals surface area contributed by atoms with Crippen molar-refractivity contribution in [2.75, 3.05) is 7.11 Å². The molecule has 1 aromatic rings. The van der Waals surface area contributed by atoms with Crippen molar-refractivity contribution in [1.29, 1.82) is 0 Å². The van der Waals surface area contributed by atoms with E-state index in [-0.39, 0.29) is 0 Å². The standard InChI is InChI=1S/C10H11BrN2O2/c1-15-9-4-6(11)2-3-7(9)8-5-10(14)13-12-8/h2-5,10,12-14H,1H3. The normalized spacial score (nSPS) is 19.7. The molecule has 1 heterocycles. The number of methoxy groups -OCH3 is 1. The van der Waals surface area contributed by atoms with Gasteiger partial charge in [-0.15, -0.1) is 0 Å². The van der Waals surface area contributed by atoms with Gasteiger partial charge in [0.2, 0.25) is 0 Å². The maximum absolute atomic E-state index is 9.28. The Hall–Kier alpha value is -1.04. The van der Waals surface area contributed by atoms with Crippen LogP contribution in [0.4, 0.5) is 0 Å². The first kappa shape index (κ1) is 10.5.